The highest BCUT2D eigenvalue weighted by molar-refractivity contribution is 6.06. The minimum Gasteiger partial charge on any atom is -0.399 e. The van der Waals surface area contributed by atoms with Crippen LogP contribution < -0.4 is 5.73 Å². The summed E-state index contributed by atoms with van der Waals surface area (Å²) in [5, 5.41) is 0. The van der Waals surface area contributed by atoms with Crippen LogP contribution in [0.25, 0.3) is 0 Å². The second-order valence-corrected chi connectivity index (χ2v) is 2.40. The first-order valence-electron chi connectivity index (χ1n) is 3.27. The van der Waals surface area contributed by atoms with Crippen LogP contribution in [-0.2, 0) is 0 Å². The lowest BCUT2D eigenvalue weighted by molar-refractivity contribution is 1.29. The van der Waals surface area contributed by atoms with E-state index in [4.69, 9.17) is 5.73 Å². The molecule has 1 heterocycles. The molecule has 0 aromatic carbocycles. The van der Waals surface area contributed by atoms with Gasteiger partial charge in [0.25, 0.3) is 0 Å². The Balaban J connectivity index is 2.43. The van der Waals surface area contributed by atoms with Crippen molar-refractivity contribution in [1.29, 1.82) is 0 Å². The third kappa shape index (κ3) is 0.692. The molecule has 2 nitrogen and oxygen atoms in total. The van der Waals surface area contributed by atoms with E-state index in [2.05, 4.69) is 4.99 Å². The van der Waals surface area contributed by atoms with Gasteiger partial charge in [-0.3, -0.25) is 4.99 Å². The molecule has 0 aromatic rings. The largest absolute Gasteiger partial charge is 0.399 e. The van der Waals surface area contributed by atoms with Crippen molar-refractivity contribution < 1.29 is 0 Å². The molecule has 0 saturated heterocycles. The van der Waals surface area contributed by atoms with Crippen molar-refractivity contribution in [1.82, 2.24) is 0 Å². The van der Waals surface area contributed by atoms with Gasteiger partial charge in [0.05, 0.1) is 5.71 Å². The third-order valence-corrected chi connectivity index (χ3v) is 1.67. The van der Waals surface area contributed by atoms with Gasteiger partial charge in [-0.25, -0.2) is 0 Å². The van der Waals surface area contributed by atoms with Crippen molar-refractivity contribution in [2.45, 2.75) is 6.42 Å². The summed E-state index contributed by atoms with van der Waals surface area (Å²) in [7, 11) is 0. The third-order valence-electron chi connectivity index (χ3n) is 1.67. The smallest absolute Gasteiger partial charge is 0.0515 e. The maximum Gasteiger partial charge on any atom is 0.0515 e. The van der Waals surface area contributed by atoms with Crippen molar-refractivity contribution in [2.75, 3.05) is 0 Å². The SMILES string of the molecule is NC1=CCC2=NC=CC2=C1. The van der Waals surface area contributed by atoms with Gasteiger partial charge in [-0.15, -0.1) is 0 Å². The Kier molecular flexibility index (Phi) is 1.01. The van der Waals surface area contributed by atoms with Crippen LogP contribution in [0.1, 0.15) is 6.42 Å². The number of aliphatic imine (C=N–C) groups is 1. The molecule has 0 spiro atoms. The summed E-state index contributed by atoms with van der Waals surface area (Å²) < 4.78 is 0. The summed E-state index contributed by atoms with van der Waals surface area (Å²) in [4.78, 5) is 4.16. The van der Waals surface area contributed by atoms with Gasteiger partial charge >= 0.3 is 0 Å². The van der Waals surface area contributed by atoms with Crippen molar-refractivity contribution in [2.24, 2.45) is 10.7 Å². The molecule has 0 saturated carbocycles. The van der Waals surface area contributed by atoms with Crippen molar-refractivity contribution >= 4 is 5.71 Å². The van der Waals surface area contributed by atoms with Crippen LogP contribution >= 0.6 is 0 Å². The monoisotopic (exact) mass is 132 g/mol. The zero-order valence-electron chi connectivity index (χ0n) is 5.54. The van der Waals surface area contributed by atoms with Gasteiger partial charge in [-0.05, 0) is 17.7 Å². The molecule has 2 N–H and O–H groups in total. The topological polar surface area (TPSA) is 38.4 Å². The fourth-order valence-electron chi connectivity index (χ4n) is 1.13. The van der Waals surface area contributed by atoms with Crippen LogP contribution in [0.15, 0.2) is 40.7 Å². The molecule has 1 aliphatic carbocycles. The molecule has 0 unspecified atom stereocenters. The Labute approximate surface area is 59.4 Å². The molecule has 1 aliphatic heterocycles. The highest BCUT2D eigenvalue weighted by atomic mass is 14.7. The van der Waals surface area contributed by atoms with Crippen LogP contribution in [0.5, 0.6) is 0 Å². The molecule has 0 fully saturated rings. The zero-order valence-corrected chi connectivity index (χ0v) is 5.54. The number of nitrogens with two attached hydrogens (primary N) is 1. The fourth-order valence-corrected chi connectivity index (χ4v) is 1.13. The zero-order chi connectivity index (χ0) is 6.97. The van der Waals surface area contributed by atoms with Crippen LogP contribution in [-0.4, -0.2) is 5.71 Å². The molecule has 0 amide bonds. The van der Waals surface area contributed by atoms with Gasteiger partial charge in [0, 0.05) is 18.3 Å². The maximum atomic E-state index is 5.59. The van der Waals surface area contributed by atoms with Gasteiger partial charge in [0.15, 0.2) is 0 Å². The second kappa shape index (κ2) is 1.84. The minimum atomic E-state index is 0.848. The lowest BCUT2D eigenvalue weighted by Gasteiger charge is -2.05. The van der Waals surface area contributed by atoms with Gasteiger partial charge in [0.1, 0.15) is 0 Å². The maximum absolute atomic E-state index is 5.59. The number of fused-ring (bicyclic) bond motifs is 1. The van der Waals surface area contributed by atoms with E-state index >= 15 is 0 Å². The molecular formula is C8H8N2. The van der Waals surface area contributed by atoms with Gasteiger partial charge < -0.3 is 5.73 Å². The van der Waals surface area contributed by atoms with E-state index < -0.39 is 0 Å². The first-order valence-corrected chi connectivity index (χ1v) is 3.27. The normalized spacial score (nSPS) is 21.4. The molecule has 2 rings (SSSR count). The Morgan fingerprint density at radius 1 is 1.50 bits per heavy atom. The highest BCUT2D eigenvalue weighted by Crippen LogP contribution is 2.17. The summed E-state index contributed by atoms with van der Waals surface area (Å²) in [5.41, 5.74) is 8.73. The van der Waals surface area contributed by atoms with Crippen LogP contribution in [0.4, 0.5) is 0 Å². The quantitative estimate of drug-likeness (QED) is 0.527. The van der Waals surface area contributed by atoms with E-state index in [0.717, 1.165) is 17.8 Å². The van der Waals surface area contributed by atoms with E-state index in [1.54, 1.807) is 0 Å². The Hall–Kier alpha value is -1.31. The number of rotatable bonds is 0. The highest BCUT2D eigenvalue weighted by Gasteiger charge is 2.10. The summed E-state index contributed by atoms with van der Waals surface area (Å²) in [5.74, 6) is 0. The molecule has 10 heavy (non-hydrogen) atoms. The number of hydrogen-bond acceptors (Lipinski definition) is 2. The number of nitrogens with zero attached hydrogens (tertiary/aromatic N) is 1. The molecule has 0 bridgehead atoms. The molecule has 50 valence electrons. The van der Waals surface area contributed by atoms with Crippen LogP contribution in [0, 0.1) is 0 Å². The predicted molar refractivity (Wildman–Crippen MR) is 41.5 cm³/mol. The van der Waals surface area contributed by atoms with Crippen molar-refractivity contribution in [3.63, 3.8) is 0 Å². The first-order chi connectivity index (χ1) is 4.86. The lowest BCUT2D eigenvalue weighted by Crippen LogP contribution is -2.06. The van der Waals surface area contributed by atoms with Crippen molar-refractivity contribution in [3.8, 4) is 0 Å². The van der Waals surface area contributed by atoms with E-state index in [1.807, 2.05) is 24.4 Å². The standard InChI is InChI=1S/C8H8N2/c9-7-1-2-8-6(5-7)3-4-10-8/h1,3-5H,2,9H2. The molecule has 0 radical (unpaired) electrons. The number of hydrogen-bond donors (Lipinski definition) is 1. The fraction of sp³-hybridized carbons (Fsp3) is 0.125. The summed E-state index contributed by atoms with van der Waals surface area (Å²) in [6.45, 7) is 0. The minimum absolute atomic E-state index is 0.848. The van der Waals surface area contributed by atoms with E-state index in [0.29, 0.717) is 0 Å². The van der Waals surface area contributed by atoms with E-state index in [9.17, 15) is 0 Å². The average Bonchev–Trinajstić information content (AvgIpc) is 2.33. The van der Waals surface area contributed by atoms with Gasteiger partial charge in [-0.2, -0.15) is 0 Å². The van der Waals surface area contributed by atoms with Crippen LogP contribution in [0.2, 0.25) is 0 Å². The average molecular weight is 132 g/mol. The molecule has 0 aromatic heterocycles. The summed E-state index contributed by atoms with van der Waals surface area (Å²) >= 11 is 0. The molecule has 2 heteroatoms. The predicted octanol–water partition coefficient (Wildman–Crippen LogP) is 1.13. The summed E-state index contributed by atoms with van der Waals surface area (Å²) in [6.07, 6.45) is 8.61. The lowest BCUT2D eigenvalue weighted by atomic mass is 10.0. The van der Waals surface area contributed by atoms with E-state index in [1.165, 1.54) is 5.57 Å². The molecule has 2 aliphatic rings. The second-order valence-electron chi connectivity index (χ2n) is 2.40. The Morgan fingerprint density at radius 2 is 2.40 bits per heavy atom. The van der Waals surface area contributed by atoms with Crippen LogP contribution in [0.3, 0.4) is 0 Å². The van der Waals surface area contributed by atoms with Gasteiger partial charge in [0.2, 0.25) is 0 Å². The molecule has 0 atom stereocenters. The Bertz CT molecular complexity index is 280. The Morgan fingerprint density at radius 3 is 3.30 bits per heavy atom. The van der Waals surface area contributed by atoms with E-state index in [-0.39, 0.29) is 0 Å². The van der Waals surface area contributed by atoms with Crippen molar-refractivity contribution in [3.05, 3.63) is 35.7 Å². The molecular weight excluding hydrogens is 124 g/mol. The summed E-state index contributed by atoms with van der Waals surface area (Å²) in [6, 6.07) is 0. The van der Waals surface area contributed by atoms with Gasteiger partial charge in [-0.1, -0.05) is 6.08 Å². The number of allylic oxidation sites excluding steroid dienone is 4. The first kappa shape index (κ1) is 5.47.